The summed E-state index contributed by atoms with van der Waals surface area (Å²) in [6.07, 6.45) is 4.66. The van der Waals surface area contributed by atoms with Gasteiger partial charge in [-0.05, 0) is 93.4 Å². The molecule has 5 nitrogen and oxygen atoms in total. The minimum Gasteiger partial charge on any atom is -0.490 e. The predicted molar refractivity (Wildman–Crippen MR) is 131 cm³/mol. The van der Waals surface area contributed by atoms with Gasteiger partial charge in [0, 0.05) is 30.8 Å². The van der Waals surface area contributed by atoms with Gasteiger partial charge in [-0.3, -0.25) is 4.90 Å². The number of rotatable bonds is 7. The molecule has 2 aromatic rings. The molecule has 1 saturated heterocycles. The van der Waals surface area contributed by atoms with E-state index < -0.39 is 0 Å². The zero-order valence-electron chi connectivity index (χ0n) is 19.4. The molecule has 172 valence electrons. The van der Waals surface area contributed by atoms with E-state index in [4.69, 9.17) is 16.3 Å². The van der Waals surface area contributed by atoms with Gasteiger partial charge in [-0.25, -0.2) is 4.79 Å². The molecule has 0 atom stereocenters. The van der Waals surface area contributed by atoms with Crippen LogP contribution in [0.1, 0.15) is 42.4 Å². The van der Waals surface area contributed by atoms with Crippen molar-refractivity contribution in [2.24, 2.45) is 5.92 Å². The smallest absolute Gasteiger partial charge is 0.321 e. The van der Waals surface area contributed by atoms with Crippen LogP contribution >= 0.6 is 11.6 Å². The number of benzene rings is 2. The third-order valence-electron chi connectivity index (χ3n) is 6.63. The SMILES string of the molecule is Cc1ccc(C)c(NC(=O)N(C)CC2CC(Oc3ccc(CN4CCCC4)c(Cl)c3)C2)c1. The Balaban J connectivity index is 1.21. The Labute approximate surface area is 196 Å². The summed E-state index contributed by atoms with van der Waals surface area (Å²) in [4.78, 5) is 16.8. The number of ether oxygens (including phenoxy) is 1. The van der Waals surface area contributed by atoms with Crippen LogP contribution < -0.4 is 10.1 Å². The quantitative estimate of drug-likeness (QED) is 0.567. The van der Waals surface area contributed by atoms with Crippen LogP contribution in [0.5, 0.6) is 5.75 Å². The van der Waals surface area contributed by atoms with Crippen molar-refractivity contribution in [1.82, 2.24) is 9.80 Å². The topological polar surface area (TPSA) is 44.8 Å². The summed E-state index contributed by atoms with van der Waals surface area (Å²) in [5, 5.41) is 3.82. The van der Waals surface area contributed by atoms with Gasteiger partial charge in [-0.2, -0.15) is 0 Å². The van der Waals surface area contributed by atoms with Crippen molar-refractivity contribution in [3.63, 3.8) is 0 Å². The van der Waals surface area contributed by atoms with Crippen LogP contribution in [0.15, 0.2) is 36.4 Å². The maximum absolute atomic E-state index is 12.6. The molecule has 0 spiro atoms. The van der Waals surface area contributed by atoms with Crippen molar-refractivity contribution in [1.29, 1.82) is 0 Å². The molecule has 6 heteroatoms. The van der Waals surface area contributed by atoms with Crippen LogP contribution in [-0.4, -0.2) is 48.6 Å². The normalized spacial score (nSPS) is 20.6. The van der Waals surface area contributed by atoms with Gasteiger partial charge in [0.25, 0.3) is 0 Å². The number of halogens is 1. The second-order valence-corrected chi connectivity index (χ2v) is 9.85. The second-order valence-electron chi connectivity index (χ2n) is 9.44. The Morgan fingerprint density at radius 1 is 1.16 bits per heavy atom. The van der Waals surface area contributed by atoms with Crippen molar-refractivity contribution < 1.29 is 9.53 Å². The van der Waals surface area contributed by atoms with E-state index in [9.17, 15) is 4.79 Å². The number of anilines is 1. The second kappa shape index (κ2) is 10.1. The first-order chi connectivity index (χ1) is 15.4. The maximum atomic E-state index is 12.6. The average molecular weight is 456 g/mol. The first-order valence-electron chi connectivity index (χ1n) is 11.6. The molecule has 1 saturated carbocycles. The highest BCUT2D eigenvalue weighted by Crippen LogP contribution is 2.33. The molecule has 32 heavy (non-hydrogen) atoms. The summed E-state index contributed by atoms with van der Waals surface area (Å²) in [5.41, 5.74) is 4.25. The van der Waals surface area contributed by atoms with Gasteiger partial charge in [0.15, 0.2) is 0 Å². The lowest BCUT2D eigenvalue weighted by molar-refractivity contribution is 0.0532. The lowest BCUT2D eigenvalue weighted by atomic mass is 9.82. The summed E-state index contributed by atoms with van der Waals surface area (Å²) < 4.78 is 6.14. The lowest BCUT2D eigenvalue weighted by Gasteiger charge is -2.37. The number of nitrogens with zero attached hydrogens (tertiary/aromatic N) is 2. The van der Waals surface area contributed by atoms with Crippen LogP contribution in [0.3, 0.4) is 0 Å². The fraction of sp³-hybridized carbons (Fsp3) is 0.500. The van der Waals surface area contributed by atoms with Gasteiger partial charge in [0.05, 0.1) is 6.10 Å². The molecule has 1 aliphatic carbocycles. The van der Waals surface area contributed by atoms with E-state index in [-0.39, 0.29) is 12.1 Å². The monoisotopic (exact) mass is 455 g/mol. The van der Waals surface area contributed by atoms with Crippen molar-refractivity contribution >= 4 is 23.3 Å². The Bertz CT molecular complexity index is 952. The molecule has 1 heterocycles. The van der Waals surface area contributed by atoms with E-state index in [2.05, 4.69) is 22.3 Å². The molecule has 2 amide bonds. The van der Waals surface area contributed by atoms with E-state index in [1.807, 2.05) is 45.2 Å². The van der Waals surface area contributed by atoms with Gasteiger partial charge in [-0.15, -0.1) is 0 Å². The molecule has 0 aromatic heterocycles. The summed E-state index contributed by atoms with van der Waals surface area (Å²) in [6, 6.07) is 12.1. The highest BCUT2D eigenvalue weighted by atomic mass is 35.5. The fourth-order valence-corrected chi connectivity index (χ4v) is 4.81. The molecule has 2 aromatic carbocycles. The van der Waals surface area contributed by atoms with Crippen LogP contribution in [0, 0.1) is 19.8 Å². The van der Waals surface area contributed by atoms with Gasteiger partial charge in [0.2, 0.25) is 0 Å². The Morgan fingerprint density at radius 2 is 1.91 bits per heavy atom. The number of amides is 2. The maximum Gasteiger partial charge on any atom is 0.321 e. The molecule has 0 radical (unpaired) electrons. The Hall–Kier alpha value is -2.24. The van der Waals surface area contributed by atoms with E-state index >= 15 is 0 Å². The number of hydrogen-bond acceptors (Lipinski definition) is 3. The summed E-state index contributed by atoms with van der Waals surface area (Å²) in [7, 11) is 1.85. The van der Waals surface area contributed by atoms with Crippen molar-refractivity contribution in [2.75, 3.05) is 32.0 Å². The van der Waals surface area contributed by atoms with E-state index in [0.29, 0.717) is 5.92 Å². The number of urea groups is 1. The van der Waals surface area contributed by atoms with Crippen LogP contribution in [-0.2, 0) is 6.54 Å². The average Bonchev–Trinajstić information content (AvgIpc) is 3.24. The third kappa shape index (κ3) is 5.76. The van der Waals surface area contributed by atoms with Crippen molar-refractivity contribution in [3.8, 4) is 5.75 Å². The first-order valence-corrected chi connectivity index (χ1v) is 12.0. The van der Waals surface area contributed by atoms with E-state index in [1.54, 1.807) is 4.90 Å². The van der Waals surface area contributed by atoms with Gasteiger partial charge < -0.3 is 15.0 Å². The molecule has 4 rings (SSSR count). The number of carbonyl (C=O) groups excluding carboxylic acids is 1. The van der Waals surface area contributed by atoms with Gasteiger partial charge in [-0.1, -0.05) is 29.8 Å². The fourth-order valence-electron chi connectivity index (χ4n) is 4.57. The van der Waals surface area contributed by atoms with E-state index in [0.717, 1.165) is 66.6 Å². The third-order valence-corrected chi connectivity index (χ3v) is 6.98. The molecule has 0 bridgehead atoms. The molecule has 1 N–H and O–H groups in total. The molecular formula is C26H34ClN3O2. The zero-order chi connectivity index (χ0) is 22.7. The van der Waals surface area contributed by atoms with Crippen LogP contribution in [0.25, 0.3) is 0 Å². The summed E-state index contributed by atoms with van der Waals surface area (Å²) in [6.45, 7) is 8.01. The van der Waals surface area contributed by atoms with Crippen molar-refractivity contribution in [2.45, 2.75) is 52.2 Å². The Kier molecular flexibility index (Phi) is 7.27. The minimum atomic E-state index is -0.0663. The van der Waals surface area contributed by atoms with E-state index in [1.165, 1.54) is 18.4 Å². The zero-order valence-corrected chi connectivity index (χ0v) is 20.1. The number of carbonyl (C=O) groups is 1. The Morgan fingerprint density at radius 3 is 2.62 bits per heavy atom. The predicted octanol–water partition coefficient (Wildman–Crippen LogP) is 5.87. The first kappa shape index (κ1) is 22.9. The highest BCUT2D eigenvalue weighted by Gasteiger charge is 2.32. The standard InChI is InChI=1S/C26H34ClN3O2/c1-18-6-7-19(2)25(12-18)28-26(31)29(3)16-20-13-23(14-20)32-22-9-8-21(24(27)15-22)17-30-10-4-5-11-30/h6-9,12,15,20,23H,4-5,10-11,13-14,16-17H2,1-3H3,(H,28,31). The van der Waals surface area contributed by atoms with Gasteiger partial charge >= 0.3 is 6.03 Å². The highest BCUT2D eigenvalue weighted by molar-refractivity contribution is 6.31. The number of likely N-dealkylation sites (tertiary alicyclic amines) is 1. The number of aryl methyl sites for hydroxylation is 2. The van der Waals surface area contributed by atoms with Gasteiger partial charge in [0.1, 0.15) is 5.75 Å². The lowest BCUT2D eigenvalue weighted by Crippen LogP contribution is -2.43. The molecule has 0 unspecified atom stereocenters. The summed E-state index contributed by atoms with van der Waals surface area (Å²) >= 11 is 6.51. The molecule has 1 aliphatic heterocycles. The molecule has 2 aliphatic rings. The molecule has 2 fully saturated rings. The number of hydrogen-bond donors (Lipinski definition) is 1. The molecular weight excluding hydrogens is 422 g/mol. The minimum absolute atomic E-state index is 0.0663. The largest absolute Gasteiger partial charge is 0.490 e. The van der Waals surface area contributed by atoms with Crippen LogP contribution in [0.2, 0.25) is 5.02 Å². The summed E-state index contributed by atoms with van der Waals surface area (Å²) in [5.74, 6) is 1.30. The van der Waals surface area contributed by atoms with Crippen LogP contribution in [0.4, 0.5) is 10.5 Å². The number of nitrogens with one attached hydrogen (secondary N) is 1. The van der Waals surface area contributed by atoms with Crippen molar-refractivity contribution in [3.05, 3.63) is 58.1 Å².